The van der Waals surface area contributed by atoms with Crippen LogP contribution < -0.4 is 20.7 Å². The number of nitrogens with one attached hydrogen (secondary N) is 3. The molecule has 8 nitrogen and oxygen atoms in total. The third-order valence-corrected chi connectivity index (χ3v) is 3.78. The molecule has 0 unspecified atom stereocenters. The van der Waals surface area contributed by atoms with Crippen molar-refractivity contribution in [3.8, 4) is 5.75 Å². The number of aryl methyl sites for hydroxylation is 1. The highest BCUT2D eigenvalue weighted by Gasteiger charge is 2.06. The number of aromatic nitrogens is 3. The Labute approximate surface area is 167 Å². The number of hydrogen-bond acceptors (Lipinski definition) is 7. The number of rotatable bonds is 9. The van der Waals surface area contributed by atoms with Crippen molar-refractivity contribution >= 4 is 23.4 Å². The van der Waals surface area contributed by atoms with Gasteiger partial charge >= 0.3 is 0 Å². The first-order valence-corrected chi connectivity index (χ1v) is 9.01. The lowest BCUT2D eigenvalue weighted by atomic mass is 10.3. The summed E-state index contributed by atoms with van der Waals surface area (Å²) in [6.45, 7) is 2.53. The fraction of sp³-hybridized carbons (Fsp3) is 0.200. The first kappa shape index (κ1) is 20.0. The first-order chi connectivity index (χ1) is 14.1. The minimum atomic E-state index is -0.503. The molecule has 0 aliphatic carbocycles. The van der Waals surface area contributed by atoms with E-state index in [1.165, 1.54) is 12.1 Å². The normalized spacial score (nSPS) is 10.3. The first-order valence-electron chi connectivity index (χ1n) is 9.01. The van der Waals surface area contributed by atoms with Crippen LogP contribution in [0, 0.1) is 12.7 Å². The zero-order valence-electron chi connectivity index (χ0n) is 15.9. The van der Waals surface area contributed by atoms with Gasteiger partial charge in [0, 0.05) is 19.3 Å². The summed E-state index contributed by atoms with van der Waals surface area (Å²) in [4.78, 5) is 16.0. The summed E-state index contributed by atoms with van der Waals surface area (Å²) in [7, 11) is 0. The molecule has 0 bridgehead atoms. The largest absolute Gasteiger partial charge is 0.481 e. The number of para-hydroxylation sites is 1. The maximum atomic E-state index is 13.4. The fourth-order valence-electron chi connectivity index (χ4n) is 2.38. The molecule has 29 heavy (non-hydrogen) atoms. The van der Waals surface area contributed by atoms with E-state index >= 15 is 0 Å². The maximum absolute atomic E-state index is 13.4. The molecule has 150 valence electrons. The third kappa shape index (κ3) is 6.42. The van der Waals surface area contributed by atoms with E-state index in [0.29, 0.717) is 30.5 Å². The van der Waals surface area contributed by atoms with E-state index < -0.39 is 5.82 Å². The summed E-state index contributed by atoms with van der Waals surface area (Å²) in [5, 5.41) is 17.0. The summed E-state index contributed by atoms with van der Waals surface area (Å²) in [6.07, 6.45) is 1.72. The molecule has 0 spiro atoms. The number of carbonyl (C=O) groups excluding carboxylic acids is 1. The summed E-state index contributed by atoms with van der Waals surface area (Å²) in [5.41, 5.74) is 1.09. The Balaban J connectivity index is 1.36. The van der Waals surface area contributed by atoms with Crippen molar-refractivity contribution in [1.82, 2.24) is 20.5 Å². The zero-order valence-corrected chi connectivity index (χ0v) is 15.9. The Bertz CT molecular complexity index is 952. The molecule has 1 amide bonds. The molecule has 2 aromatic heterocycles. The average molecular weight is 396 g/mol. The van der Waals surface area contributed by atoms with Crippen LogP contribution in [-0.2, 0) is 4.79 Å². The van der Waals surface area contributed by atoms with Crippen LogP contribution in [0.3, 0.4) is 0 Å². The van der Waals surface area contributed by atoms with Crippen molar-refractivity contribution in [2.75, 3.05) is 30.3 Å². The standard InChI is InChI=1S/C20H21FN6O2/c1-14-8-9-22-19(12-14)25-18-7-6-17(26-27-18)23-10-11-24-20(28)13-29-16-5-3-2-4-15(16)21/h2-9,12H,10-11,13H2,1H3,(H,23,26)(H,24,28)(H,22,25,27). The molecule has 0 saturated carbocycles. The van der Waals surface area contributed by atoms with Gasteiger partial charge < -0.3 is 20.7 Å². The Morgan fingerprint density at radius 1 is 1.03 bits per heavy atom. The second-order valence-electron chi connectivity index (χ2n) is 6.14. The lowest BCUT2D eigenvalue weighted by molar-refractivity contribution is -0.123. The predicted molar refractivity (Wildman–Crippen MR) is 108 cm³/mol. The van der Waals surface area contributed by atoms with Crippen molar-refractivity contribution in [2.24, 2.45) is 0 Å². The van der Waals surface area contributed by atoms with E-state index in [1.54, 1.807) is 30.5 Å². The van der Waals surface area contributed by atoms with E-state index in [-0.39, 0.29) is 18.3 Å². The highest BCUT2D eigenvalue weighted by atomic mass is 19.1. The monoisotopic (exact) mass is 396 g/mol. The number of nitrogens with zero attached hydrogens (tertiary/aromatic N) is 3. The van der Waals surface area contributed by atoms with Gasteiger partial charge in [-0.2, -0.15) is 0 Å². The van der Waals surface area contributed by atoms with Crippen LogP contribution in [0.2, 0.25) is 0 Å². The molecule has 3 N–H and O–H groups in total. The Hall–Kier alpha value is -3.75. The third-order valence-electron chi connectivity index (χ3n) is 3.78. The highest BCUT2D eigenvalue weighted by Crippen LogP contribution is 2.15. The molecule has 0 aliphatic heterocycles. The summed E-state index contributed by atoms with van der Waals surface area (Å²) >= 11 is 0. The zero-order chi connectivity index (χ0) is 20.5. The number of benzene rings is 1. The molecular weight excluding hydrogens is 375 g/mol. The van der Waals surface area contributed by atoms with Gasteiger partial charge in [-0.3, -0.25) is 4.79 Å². The van der Waals surface area contributed by atoms with Gasteiger partial charge in [-0.1, -0.05) is 12.1 Å². The maximum Gasteiger partial charge on any atom is 0.258 e. The molecule has 0 fully saturated rings. The number of ether oxygens (including phenoxy) is 1. The van der Waals surface area contributed by atoms with Crippen molar-refractivity contribution < 1.29 is 13.9 Å². The van der Waals surface area contributed by atoms with Crippen molar-refractivity contribution in [3.63, 3.8) is 0 Å². The summed E-state index contributed by atoms with van der Waals surface area (Å²) in [6, 6.07) is 13.3. The van der Waals surface area contributed by atoms with Crippen LogP contribution >= 0.6 is 0 Å². The molecule has 1 aromatic carbocycles. The van der Waals surface area contributed by atoms with Gasteiger partial charge in [0.2, 0.25) is 0 Å². The van der Waals surface area contributed by atoms with Crippen LogP contribution in [0.5, 0.6) is 5.75 Å². The number of amides is 1. The minimum Gasteiger partial charge on any atom is -0.481 e. The van der Waals surface area contributed by atoms with Crippen LogP contribution in [0.1, 0.15) is 5.56 Å². The van der Waals surface area contributed by atoms with Gasteiger partial charge in [-0.05, 0) is 48.9 Å². The molecule has 0 saturated heterocycles. The van der Waals surface area contributed by atoms with E-state index in [2.05, 4.69) is 31.1 Å². The molecule has 0 atom stereocenters. The van der Waals surface area contributed by atoms with Crippen molar-refractivity contribution in [3.05, 3.63) is 66.1 Å². The average Bonchev–Trinajstić information content (AvgIpc) is 2.72. The highest BCUT2D eigenvalue weighted by molar-refractivity contribution is 5.77. The van der Waals surface area contributed by atoms with Gasteiger partial charge in [0.15, 0.2) is 24.0 Å². The van der Waals surface area contributed by atoms with Crippen LogP contribution in [0.25, 0.3) is 0 Å². The quantitative estimate of drug-likeness (QED) is 0.478. The van der Waals surface area contributed by atoms with Gasteiger partial charge in [0.05, 0.1) is 0 Å². The number of pyridine rings is 1. The van der Waals surface area contributed by atoms with Crippen LogP contribution in [0.4, 0.5) is 21.8 Å². The molecule has 2 heterocycles. The Morgan fingerprint density at radius 3 is 2.59 bits per heavy atom. The van der Waals surface area contributed by atoms with Gasteiger partial charge in [-0.25, -0.2) is 9.37 Å². The van der Waals surface area contributed by atoms with Gasteiger partial charge in [-0.15, -0.1) is 10.2 Å². The second-order valence-corrected chi connectivity index (χ2v) is 6.14. The minimum absolute atomic E-state index is 0.0469. The number of halogens is 1. The Morgan fingerprint density at radius 2 is 1.83 bits per heavy atom. The number of carbonyl (C=O) groups is 1. The van der Waals surface area contributed by atoms with E-state index in [1.807, 2.05) is 19.1 Å². The summed E-state index contributed by atoms with van der Waals surface area (Å²) in [5.74, 6) is 1.05. The lowest BCUT2D eigenvalue weighted by Crippen LogP contribution is -2.32. The van der Waals surface area contributed by atoms with E-state index in [4.69, 9.17) is 4.74 Å². The van der Waals surface area contributed by atoms with Crippen LogP contribution in [-0.4, -0.2) is 40.8 Å². The predicted octanol–water partition coefficient (Wildman–Crippen LogP) is 2.67. The topological polar surface area (TPSA) is 101 Å². The van der Waals surface area contributed by atoms with Crippen LogP contribution in [0.15, 0.2) is 54.7 Å². The molecular formula is C20H21FN6O2. The second kappa shape index (κ2) is 9.98. The number of hydrogen-bond donors (Lipinski definition) is 3. The molecule has 9 heteroatoms. The SMILES string of the molecule is Cc1ccnc(Nc2ccc(NCCNC(=O)COc3ccccc3F)nn2)c1. The summed E-state index contributed by atoms with van der Waals surface area (Å²) < 4.78 is 18.6. The van der Waals surface area contributed by atoms with Gasteiger partial charge in [0.25, 0.3) is 5.91 Å². The fourth-order valence-corrected chi connectivity index (χ4v) is 2.38. The van der Waals surface area contributed by atoms with E-state index in [9.17, 15) is 9.18 Å². The van der Waals surface area contributed by atoms with Gasteiger partial charge in [0.1, 0.15) is 11.6 Å². The number of anilines is 3. The van der Waals surface area contributed by atoms with Crippen molar-refractivity contribution in [1.29, 1.82) is 0 Å². The lowest BCUT2D eigenvalue weighted by Gasteiger charge is -2.09. The Kier molecular flexibility index (Phi) is 6.88. The molecule has 3 rings (SSSR count). The molecule has 3 aromatic rings. The van der Waals surface area contributed by atoms with E-state index in [0.717, 1.165) is 5.56 Å². The smallest absolute Gasteiger partial charge is 0.258 e. The van der Waals surface area contributed by atoms with Crippen molar-refractivity contribution in [2.45, 2.75) is 6.92 Å². The molecule has 0 aliphatic rings. The molecule has 0 radical (unpaired) electrons.